The third-order valence-electron chi connectivity index (χ3n) is 3.54. The Morgan fingerprint density at radius 2 is 1.14 bits per heavy atom. The Kier molecular flexibility index (Phi) is 13.8. The highest BCUT2D eigenvalue weighted by Crippen LogP contribution is 2.20. The number of phenols is 1. The molecular formula is C25H35NO2. The number of rotatable bonds is 3. The maximum atomic E-state index is 8.70. The van der Waals surface area contributed by atoms with E-state index in [2.05, 4.69) is 55.5 Å². The van der Waals surface area contributed by atoms with Crippen molar-refractivity contribution in [2.75, 3.05) is 12.8 Å². The molecule has 3 aromatic carbocycles. The van der Waals surface area contributed by atoms with Gasteiger partial charge in [0, 0.05) is 12.8 Å². The predicted octanol–water partition coefficient (Wildman–Crippen LogP) is 6.84. The highest BCUT2D eigenvalue weighted by Gasteiger charge is 1.97. The standard InChI is InChI=1S/C15H16O.C6H7NO.2C2H6/c1-12-3-7-14(8-4-12)15-9-5-13(6-10-15)11-16-2;7-5-1-3-6(8)4-2-5;2*1-2/h3-10H,11H2,1-2H3;1-4,8H,7H2;2*1-2H3. The van der Waals surface area contributed by atoms with E-state index in [-0.39, 0.29) is 5.75 Å². The largest absolute Gasteiger partial charge is 0.508 e. The third-order valence-corrected chi connectivity index (χ3v) is 3.54. The molecule has 0 saturated heterocycles. The van der Waals surface area contributed by atoms with Crippen molar-refractivity contribution in [3.8, 4) is 16.9 Å². The Bertz CT molecular complexity index is 712. The summed E-state index contributed by atoms with van der Waals surface area (Å²) < 4.78 is 5.09. The molecule has 0 spiro atoms. The first kappa shape index (κ1) is 25.2. The molecule has 152 valence electrons. The monoisotopic (exact) mass is 381 g/mol. The number of benzene rings is 3. The van der Waals surface area contributed by atoms with Gasteiger partial charge in [0.05, 0.1) is 6.61 Å². The van der Waals surface area contributed by atoms with Gasteiger partial charge in [0.1, 0.15) is 5.75 Å². The molecule has 3 aromatic rings. The number of ether oxygens (including phenoxy) is 1. The number of hydrogen-bond acceptors (Lipinski definition) is 3. The molecule has 3 nitrogen and oxygen atoms in total. The molecule has 0 saturated carbocycles. The molecule has 0 radical (unpaired) electrons. The predicted molar refractivity (Wildman–Crippen MR) is 123 cm³/mol. The van der Waals surface area contributed by atoms with Gasteiger partial charge < -0.3 is 15.6 Å². The summed E-state index contributed by atoms with van der Waals surface area (Å²) in [6.07, 6.45) is 0. The van der Waals surface area contributed by atoms with Crippen molar-refractivity contribution in [3.05, 3.63) is 83.9 Å². The summed E-state index contributed by atoms with van der Waals surface area (Å²) in [5.41, 5.74) is 11.0. The van der Waals surface area contributed by atoms with Crippen LogP contribution >= 0.6 is 0 Å². The van der Waals surface area contributed by atoms with Gasteiger partial charge in [0.15, 0.2) is 0 Å². The van der Waals surface area contributed by atoms with Gasteiger partial charge >= 0.3 is 0 Å². The lowest BCUT2D eigenvalue weighted by atomic mass is 10.0. The molecule has 28 heavy (non-hydrogen) atoms. The quantitative estimate of drug-likeness (QED) is 0.386. The minimum atomic E-state index is 0.249. The van der Waals surface area contributed by atoms with Gasteiger partial charge in [0.25, 0.3) is 0 Å². The molecule has 0 amide bonds. The second-order valence-corrected chi connectivity index (χ2v) is 5.59. The first-order chi connectivity index (χ1) is 13.6. The van der Waals surface area contributed by atoms with Crippen LogP contribution < -0.4 is 5.73 Å². The number of aryl methyl sites for hydroxylation is 1. The topological polar surface area (TPSA) is 55.5 Å². The van der Waals surface area contributed by atoms with Gasteiger partial charge in [-0.3, -0.25) is 0 Å². The number of hydrogen-bond donors (Lipinski definition) is 2. The van der Waals surface area contributed by atoms with E-state index in [0.717, 1.165) is 0 Å². The number of methoxy groups -OCH3 is 1. The smallest absolute Gasteiger partial charge is 0.115 e. The van der Waals surface area contributed by atoms with Crippen LogP contribution in [0.1, 0.15) is 38.8 Å². The molecule has 0 bridgehead atoms. The number of phenolic OH excluding ortho intramolecular Hbond substituents is 1. The minimum Gasteiger partial charge on any atom is -0.508 e. The number of aromatic hydroxyl groups is 1. The highest BCUT2D eigenvalue weighted by atomic mass is 16.5. The average molecular weight is 382 g/mol. The van der Waals surface area contributed by atoms with Crippen molar-refractivity contribution in [2.24, 2.45) is 0 Å². The van der Waals surface area contributed by atoms with E-state index in [0.29, 0.717) is 12.3 Å². The van der Waals surface area contributed by atoms with Gasteiger partial charge in [-0.1, -0.05) is 81.8 Å². The van der Waals surface area contributed by atoms with Crippen LogP contribution in [-0.4, -0.2) is 12.2 Å². The average Bonchev–Trinajstić information content (AvgIpc) is 2.75. The molecule has 0 aromatic heterocycles. The molecule has 0 aliphatic rings. The Balaban J connectivity index is 0.000000511. The van der Waals surface area contributed by atoms with Crippen molar-refractivity contribution >= 4 is 5.69 Å². The fourth-order valence-corrected chi connectivity index (χ4v) is 2.18. The molecule has 3 N–H and O–H groups in total. The van der Waals surface area contributed by atoms with E-state index in [4.69, 9.17) is 15.6 Å². The lowest BCUT2D eigenvalue weighted by Crippen LogP contribution is -1.86. The van der Waals surface area contributed by atoms with Crippen LogP contribution in [0.25, 0.3) is 11.1 Å². The van der Waals surface area contributed by atoms with Gasteiger partial charge in [0.2, 0.25) is 0 Å². The molecule has 0 heterocycles. The summed E-state index contributed by atoms with van der Waals surface area (Å²) in [6, 6.07) is 23.5. The molecule has 0 unspecified atom stereocenters. The number of anilines is 1. The van der Waals surface area contributed by atoms with E-state index < -0.39 is 0 Å². The zero-order valence-corrected chi connectivity index (χ0v) is 18.1. The second-order valence-electron chi connectivity index (χ2n) is 5.59. The summed E-state index contributed by atoms with van der Waals surface area (Å²) >= 11 is 0. The molecule has 0 aliphatic carbocycles. The second kappa shape index (κ2) is 15.3. The Morgan fingerprint density at radius 3 is 1.54 bits per heavy atom. The van der Waals surface area contributed by atoms with Crippen LogP contribution in [-0.2, 0) is 11.3 Å². The van der Waals surface area contributed by atoms with Crippen LogP contribution in [0.3, 0.4) is 0 Å². The van der Waals surface area contributed by atoms with Gasteiger partial charge in [-0.15, -0.1) is 0 Å². The first-order valence-corrected chi connectivity index (χ1v) is 9.78. The molecule has 0 fully saturated rings. The van der Waals surface area contributed by atoms with Gasteiger partial charge in [-0.25, -0.2) is 0 Å². The van der Waals surface area contributed by atoms with Crippen LogP contribution in [0.15, 0.2) is 72.8 Å². The van der Waals surface area contributed by atoms with Gasteiger partial charge in [-0.2, -0.15) is 0 Å². The lowest BCUT2D eigenvalue weighted by molar-refractivity contribution is 0.185. The van der Waals surface area contributed by atoms with Crippen molar-refractivity contribution in [3.63, 3.8) is 0 Å². The fourth-order valence-electron chi connectivity index (χ4n) is 2.18. The summed E-state index contributed by atoms with van der Waals surface area (Å²) in [5, 5.41) is 8.70. The zero-order valence-electron chi connectivity index (χ0n) is 18.1. The third kappa shape index (κ3) is 9.79. The van der Waals surface area contributed by atoms with Crippen LogP contribution in [0.5, 0.6) is 5.75 Å². The van der Waals surface area contributed by atoms with Gasteiger partial charge in [-0.05, 0) is 47.9 Å². The van der Waals surface area contributed by atoms with Crippen LogP contribution in [0, 0.1) is 6.92 Å². The van der Waals surface area contributed by atoms with Crippen molar-refractivity contribution in [1.82, 2.24) is 0 Å². The summed E-state index contributed by atoms with van der Waals surface area (Å²) in [6.45, 7) is 10.8. The summed E-state index contributed by atoms with van der Waals surface area (Å²) in [7, 11) is 1.72. The molecule has 0 atom stereocenters. The molecule has 3 heteroatoms. The van der Waals surface area contributed by atoms with Crippen molar-refractivity contribution < 1.29 is 9.84 Å². The summed E-state index contributed by atoms with van der Waals surface area (Å²) in [5.74, 6) is 0.249. The SMILES string of the molecule is CC.CC.COCc1ccc(-c2ccc(C)cc2)cc1.Nc1ccc(O)cc1. The highest BCUT2D eigenvalue weighted by molar-refractivity contribution is 5.63. The zero-order chi connectivity index (χ0) is 21.4. The number of nitrogen functional groups attached to an aromatic ring is 1. The Morgan fingerprint density at radius 1 is 0.714 bits per heavy atom. The molecular weight excluding hydrogens is 346 g/mol. The van der Waals surface area contributed by atoms with E-state index in [9.17, 15) is 0 Å². The molecule has 3 rings (SSSR count). The lowest BCUT2D eigenvalue weighted by Gasteiger charge is -2.04. The maximum absolute atomic E-state index is 8.70. The Labute approximate surface area is 170 Å². The van der Waals surface area contributed by atoms with Crippen LogP contribution in [0.2, 0.25) is 0 Å². The fraction of sp³-hybridized carbons (Fsp3) is 0.280. The number of nitrogens with two attached hydrogens (primary N) is 1. The summed E-state index contributed by atoms with van der Waals surface area (Å²) in [4.78, 5) is 0. The Hall–Kier alpha value is -2.78. The normalized spacial score (nSPS) is 8.93. The molecule has 0 aliphatic heterocycles. The minimum absolute atomic E-state index is 0.249. The van der Waals surface area contributed by atoms with E-state index in [1.54, 1.807) is 31.4 Å². The van der Waals surface area contributed by atoms with Crippen molar-refractivity contribution in [1.29, 1.82) is 0 Å². The van der Waals surface area contributed by atoms with E-state index in [1.165, 1.54) is 22.3 Å². The van der Waals surface area contributed by atoms with Crippen LogP contribution in [0.4, 0.5) is 5.69 Å². The maximum Gasteiger partial charge on any atom is 0.115 e. The van der Waals surface area contributed by atoms with E-state index in [1.807, 2.05) is 27.7 Å². The first-order valence-electron chi connectivity index (χ1n) is 9.78. The van der Waals surface area contributed by atoms with E-state index >= 15 is 0 Å². The van der Waals surface area contributed by atoms with Crippen molar-refractivity contribution in [2.45, 2.75) is 41.2 Å².